The summed E-state index contributed by atoms with van der Waals surface area (Å²) in [5.74, 6) is -1.40. The van der Waals surface area contributed by atoms with E-state index in [0.717, 1.165) is 5.56 Å². The minimum atomic E-state index is -0.864. The predicted molar refractivity (Wildman–Crippen MR) is 103 cm³/mol. The van der Waals surface area contributed by atoms with Crippen molar-refractivity contribution < 1.29 is 24.2 Å². The molecule has 3 amide bonds. The maximum atomic E-state index is 12.2. The average molecular weight is 383 g/mol. The Kier molecular flexibility index (Phi) is 5.90. The SMILES string of the molecule is CN1C(=O)COc2ccc(NC(=O)C(=O)N[C@H](CO)Cc3ccccc3)cc21. The van der Waals surface area contributed by atoms with Gasteiger partial charge >= 0.3 is 11.8 Å². The Bertz CT molecular complexity index is 885. The third kappa shape index (κ3) is 4.47. The van der Waals surface area contributed by atoms with Gasteiger partial charge in [0.25, 0.3) is 5.91 Å². The molecule has 0 radical (unpaired) electrons. The highest BCUT2D eigenvalue weighted by Gasteiger charge is 2.24. The molecule has 1 aliphatic heterocycles. The Balaban J connectivity index is 1.62. The van der Waals surface area contributed by atoms with Crippen LogP contribution in [0.1, 0.15) is 5.56 Å². The van der Waals surface area contributed by atoms with Crippen molar-refractivity contribution in [3.05, 3.63) is 54.1 Å². The van der Waals surface area contributed by atoms with E-state index in [0.29, 0.717) is 23.5 Å². The molecule has 0 saturated heterocycles. The highest BCUT2D eigenvalue weighted by atomic mass is 16.5. The topological polar surface area (TPSA) is 108 Å². The van der Waals surface area contributed by atoms with E-state index in [4.69, 9.17) is 4.74 Å². The van der Waals surface area contributed by atoms with E-state index in [9.17, 15) is 19.5 Å². The van der Waals surface area contributed by atoms with Gasteiger partial charge in [0.1, 0.15) is 5.75 Å². The van der Waals surface area contributed by atoms with Crippen LogP contribution in [0.3, 0.4) is 0 Å². The zero-order chi connectivity index (χ0) is 20.1. The molecule has 0 aliphatic carbocycles. The minimum absolute atomic E-state index is 0.0401. The number of likely N-dealkylation sites (N-methyl/N-ethyl adjacent to an activating group) is 1. The lowest BCUT2D eigenvalue weighted by Crippen LogP contribution is -2.44. The summed E-state index contributed by atoms with van der Waals surface area (Å²) in [6.07, 6.45) is 0.402. The van der Waals surface area contributed by atoms with E-state index in [1.54, 1.807) is 25.2 Å². The fraction of sp³-hybridized carbons (Fsp3) is 0.250. The second-order valence-electron chi connectivity index (χ2n) is 6.42. The molecular formula is C20H21N3O5. The standard InChI is InChI=1S/C20H21N3O5/c1-23-16-10-14(7-8-17(16)28-12-18(23)25)21-19(26)20(27)22-15(11-24)9-13-5-3-2-4-6-13/h2-8,10,15,24H,9,11-12H2,1H3,(H,21,26)(H,22,27)/t15-/m0/s1. The van der Waals surface area contributed by atoms with Crippen LogP contribution in [0, 0.1) is 0 Å². The monoisotopic (exact) mass is 383 g/mol. The first kappa shape index (κ1) is 19.4. The lowest BCUT2D eigenvalue weighted by Gasteiger charge is -2.26. The van der Waals surface area contributed by atoms with Gasteiger partial charge in [-0.25, -0.2) is 0 Å². The van der Waals surface area contributed by atoms with Gasteiger partial charge in [0, 0.05) is 12.7 Å². The fourth-order valence-corrected chi connectivity index (χ4v) is 2.85. The predicted octanol–water partition coefficient (Wildman–Crippen LogP) is 0.700. The van der Waals surface area contributed by atoms with Crippen LogP contribution in [0.25, 0.3) is 0 Å². The summed E-state index contributed by atoms with van der Waals surface area (Å²) in [7, 11) is 1.61. The molecule has 0 fully saturated rings. The Morgan fingerprint density at radius 2 is 1.93 bits per heavy atom. The minimum Gasteiger partial charge on any atom is -0.482 e. The molecule has 0 bridgehead atoms. The first-order chi connectivity index (χ1) is 13.5. The van der Waals surface area contributed by atoms with Crippen molar-refractivity contribution >= 4 is 29.1 Å². The number of benzene rings is 2. The molecule has 3 rings (SSSR count). The lowest BCUT2D eigenvalue weighted by molar-refractivity contribution is -0.136. The number of rotatable bonds is 5. The Labute approximate surface area is 162 Å². The first-order valence-electron chi connectivity index (χ1n) is 8.78. The quantitative estimate of drug-likeness (QED) is 0.659. The summed E-state index contributed by atoms with van der Waals surface area (Å²) in [6, 6.07) is 13.5. The second-order valence-corrected chi connectivity index (χ2v) is 6.42. The van der Waals surface area contributed by atoms with Crippen molar-refractivity contribution in [1.29, 1.82) is 0 Å². The van der Waals surface area contributed by atoms with Crippen LogP contribution >= 0.6 is 0 Å². The maximum absolute atomic E-state index is 12.2. The van der Waals surface area contributed by atoms with Crippen LogP contribution in [-0.2, 0) is 20.8 Å². The lowest BCUT2D eigenvalue weighted by atomic mass is 10.1. The fourth-order valence-electron chi connectivity index (χ4n) is 2.85. The van der Waals surface area contributed by atoms with E-state index in [1.807, 2.05) is 30.3 Å². The van der Waals surface area contributed by atoms with Gasteiger partial charge in [0.2, 0.25) is 0 Å². The van der Waals surface area contributed by atoms with Crippen molar-refractivity contribution in [1.82, 2.24) is 5.32 Å². The molecule has 8 heteroatoms. The largest absolute Gasteiger partial charge is 0.482 e. The number of aliphatic hydroxyl groups excluding tert-OH is 1. The first-order valence-corrected chi connectivity index (χ1v) is 8.78. The van der Waals surface area contributed by atoms with Crippen LogP contribution in [0.5, 0.6) is 5.75 Å². The number of amides is 3. The number of fused-ring (bicyclic) bond motifs is 1. The van der Waals surface area contributed by atoms with E-state index in [2.05, 4.69) is 10.6 Å². The summed E-state index contributed by atoms with van der Waals surface area (Å²) in [5, 5.41) is 14.5. The van der Waals surface area contributed by atoms with Gasteiger partial charge in [-0.3, -0.25) is 14.4 Å². The number of carbonyl (C=O) groups excluding carboxylic acids is 3. The highest BCUT2D eigenvalue weighted by Crippen LogP contribution is 2.33. The Morgan fingerprint density at radius 3 is 2.64 bits per heavy atom. The molecule has 146 valence electrons. The number of nitrogens with zero attached hydrogens (tertiary/aromatic N) is 1. The molecule has 3 N–H and O–H groups in total. The van der Waals surface area contributed by atoms with Gasteiger partial charge in [0.05, 0.1) is 18.3 Å². The van der Waals surface area contributed by atoms with Gasteiger partial charge in [-0.15, -0.1) is 0 Å². The van der Waals surface area contributed by atoms with Gasteiger partial charge in [0.15, 0.2) is 6.61 Å². The Morgan fingerprint density at radius 1 is 1.18 bits per heavy atom. The molecule has 8 nitrogen and oxygen atoms in total. The maximum Gasteiger partial charge on any atom is 0.313 e. The number of aliphatic hydroxyl groups is 1. The van der Waals surface area contributed by atoms with Crippen LogP contribution in [0.4, 0.5) is 11.4 Å². The van der Waals surface area contributed by atoms with E-state index in [1.165, 1.54) is 4.90 Å². The molecule has 2 aromatic carbocycles. The van der Waals surface area contributed by atoms with Gasteiger partial charge in [-0.2, -0.15) is 0 Å². The summed E-state index contributed by atoms with van der Waals surface area (Å²) in [6.45, 7) is -0.335. The molecule has 0 spiro atoms. The normalized spacial score (nSPS) is 13.9. The second kappa shape index (κ2) is 8.53. The van der Waals surface area contributed by atoms with Crippen molar-refractivity contribution in [2.75, 3.05) is 30.5 Å². The zero-order valence-electron chi connectivity index (χ0n) is 15.3. The van der Waals surface area contributed by atoms with Crippen LogP contribution in [0.15, 0.2) is 48.5 Å². The van der Waals surface area contributed by atoms with Crippen molar-refractivity contribution in [2.24, 2.45) is 0 Å². The van der Waals surface area contributed by atoms with Crippen LogP contribution in [0.2, 0.25) is 0 Å². The van der Waals surface area contributed by atoms with Crippen molar-refractivity contribution in [3.8, 4) is 5.75 Å². The number of anilines is 2. The Hall–Kier alpha value is -3.39. The average Bonchev–Trinajstić information content (AvgIpc) is 2.71. The van der Waals surface area contributed by atoms with E-state index in [-0.39, 0.29) is 19.1 Å². The van der Waals surface area contributed by atoms with Crippen molar-refractivity contribution in [3.63, 3.8) is 0 Å². The summed E-state index contributed by atoms with van der Waals surface area (Å²) in [5.41, 5.74) is 1.80. The molecule has 28 heavy (non-hydrogen) atoms. The van der Waals surface area contributed by atoms with E-state index < -0.39 is 17.9 Å². The van der Waals surface area contributed by atoms with Gasteiger partial charge in [-0.1, -0.05) is 30.3 Å². The molecule has 0 aromatic heterocycles. The number of hydrogen-bond donors (Lipinski definition) is 3. The third-order valence-corrected chi connectivity index (χ3v) is 4.39. The van der Waals surface area contributed by atoms with E-state index >= 15 is 0 Å². The summed E-state index contributed by atoms with van der Waals surface area (Å²) < 4.78 is 5.33. The van der Waals surface area contributed by atoms with Crippen LogP contribution in [-0.4, -0.2) is 49.1 Å². The highest BCUT2D eigenvalue weighted by molar-refractivity contribution is 6.39. The molecule has 0 saturated carbocycles. The van der Waals surface area contributed by atoms with Crippen molar-refractivity contribution in [2.45, 2.75) is 12.5 Å². The molecule has 1 heterocycles. The number of carbonyl (C=O) groups is 3. The third-order valence-electron chi connectivity index (χ3n) is 4.39. The molecule has 2 aromatic rings. The summed E-state index contributed by atoms with van der Waals surface area (Å²) in [4.78, 5) is 37.6. The number of nitrogens with one attached hydrogen (secondary N) is 2. The molecule has 0 unspecified atom stereocenters. The summed E-state index contributed by atoms with van der Waals surface area (Å²) >= 11 is 0. The van der Waals surface area contributed by atoms with Gasteiger partial charge in [-0.05, 0) is 30.2 Å². The molecule has 1 aliphatic rings. The number of ether oxygens (including phenoxy) is 1. The number of hydrogen-bond acceptors (Lipinski definition) is 5. The zero-order valence-corrected chi connectivity index (χ0v) is 15.3. The van der Waals surface area contributed by atoms with Gasteiger partial charge < -0.3 is 25.4 Å². The van der Waals surface area contributed by atoms with Crippen LogP contribution < -0.4 is 20.3 Å². The molecule has 1 atom stereocenters. The smallest absolute Gasteiger partial charge is 0.313 e. The molecular weight excluding hydrogens is 362 g/mol.